The zero-order valence-corrected chi connectivity index (χ0v) is 17.4. The molecule has 0 N–H and O–H groups in total. The van der Waals surface area contributed by atoms with Crippen molar-refractivity contribution in [2.45, 2.75) is 12.8 Å². The Morgan fingerprint density at radius 3 is 2.74 bits per heavy atom. The van der Waals surface area contributed by atoms with E-state index in [9.17, 15) is 9.18 Å². The molecule has 7 heteroatoms. The minimum absolute atomic E-state index is 0.00214. The summed E-state index contributed by atoms with van der Waals surface area (Å²) >= 11 is 4.94. The standard InChI is InChI=1S/C20H20BrFN2O2S/c1-13(14-5-7-16(22)8-6-14)23-19(26-2)15-4-3-10-24(12-15)20(25)17-9-11-27-18(17)21/h5-9,11,15H,1,3-4,10,12H2,2H3/t15-/m0/s1. The molecule has 2 heterocycles. The molecular weight excluding hydrogens is 431 g/mol. The lowest BCUT2D eigenvalue weighted by Crippen LogP contribution is -2.42. The first-order chi connectivity index (χ1) is 13.0. The van der Waals surface area contributed by atoms with Crippen LogP contribution in [-0.4, -0.2) is 36.9 Å². The van der Waals surface area contributed by atoms with Crippen LogP contribution < -0.4 is 0 Å². The van der Waals surface area contributed by atoms with Crippen LogP contribution in [0.3, 0.4) is 0 Å². The van der Waals surface area contributed by atoms with Crippen LogP contribution in [0, 0.1) is 11.7 Å². The zero-order valence-electron chi connectivity index (χ0n) is 15.0. The maximum absolute atomic E-state index is 13.1. The predicted molar refractivity (Wildman–Crippen MR) is 111 cm³/mol. The monoisotopic (exact) mass is 450 g/mol. The first-order valence-corrected chi connectivity index (χ1v) is 10.3. The first-order valence-electron chi connectivity index (χ1n) is 8.59. The Kier molecular flexibility index (Phi) is 6.44. The van der Waals surface area contributed by atoms with Crippen LogP contribution in [0.25, 0.3) is 5.70 Å². The molecule has 1 aliphatic rings. The number of halogens is 2. The summed E-state index contributed by atoms with van der Waals surface area (Å²) in [4.78, 5) is 19.2. The largest absolute Gasteiger partial charge is 0.484 e. The SMILES string of the molecule is C=C(N=C(OC)[C@H]1CCCN(C(=O)c2ccsc2Br)C1)c1ccc(F)cc1. The number of nitrogens with zero attached hydrogens (tertiary/aromatic N) is 2. The highest BCUT2D eigenvalue weighted by atomic mass is 79.9. The highest BCUT2D eigenvalue weighted by Gasteiger charge is 2.29. The summed E-state index contributed by atoms with van der Waals surface area (Å²) in [5, 5.41) is 1.90. The van der Waals surface area contributed by atoms with Crippen molar-refractivity contribution in [3.05, 3.63) is 63.0 Å². The van der Waals surface area contributed by atoms with E-state index in [4.69, 9.17) is 4.74 Å². The fourth-order valence-electron chi connectivity index (χ4n) is 3.12. The summed E-state index contributed by atoms with van der Waals surface area (Å²) in [7, 11) is 1.58. The number of carbonyl (C=O) groups excluding carboxylic acids is 1. The molecule has 0 aliphatic carbocycles. The second-order valence-electron chi connectivity index (χ2n) is 6.31. The molecule has 142 valence electrons. The molecule has 0 saturated carbocycles. The van der Waals surface area contributed by atoms with Gasteiger partial charge >= 0.3 is 0 Å². The number of benzene rings is 1. The lowest BCUT2D eigenvalue weighted by molar-refractivity contribution is 0.0694. The minimum atomic E-state index is -0.302. The Hall–Kier alpha value is -1.99. The maximum Gasteiger partial charge on any atom is 0.255 e. The molecule has 1 aliphatic heterocycles. The molecule has 1 aromatic heterocycles. The second kappa shape index (κ2) is 8.80. The number of rotatable bonds is 4. The van der Waals surface area contributed by atoms with E-state index in [2.05, 4.69) is 27.5 Å². The van der Waals surface area contributed by atoms with Gasteiger partial charge in [-0.05, 0) is 70.0 Å². The minimum Gasteiger partial charge on any atom is -0.484 e. The van der Waals surface area contributed by atoms with Crippen molar-refractivity contribution in [2.75, 3.05) is 20.2 Å². The van der Waals surface area contributed by atoms with Gasteiger partial charge in [0.2, 0.25) is 0 Å². The number of ether oxygens (including phenoxy) is 1. The summed E-state index contributed by atoms with van der Waals surface area (Å²) in [5.41, 5.74) is 1.93. The number of likely N-dealkylation sites (tertiary alicyclic amines) is 1. The van der Waals surface area contributed by atoms with Crippen molar-refractivity contribution in [3.8, 4) is 0 Å². The number of hydrogen-bond donors (Lipinski definition) is 0. The summed E-state index contributed by atoms with van der Waals surface area (Å²) in [5.74, 6) is 0.262. The Balaban J connectivity index is 1.75. The number of aliphatic imine (C=N–C) groups is 1. The molecule has 1 amide bonds. The highest BCUT2D eigenvalue weighted by Crippen LogP contribution is 2.28. The van der Waals surface area contributed by atoms with Crippen LogP contribution >= 0.6 is 27.3 Å². The van der Waals surface area contributed by atoms with Gasteiger partial charge < -0.3 is 9.64 Å². The zero-order chi connectivity index (χ0) is 19.4. The van der Waals surface area contributed by atoms with Gasteiger partial charge in [-0.2, -0.15) is 0 Å². The molecular formula is C20H20BrFN2O2S. The Bertz CT molecular complexity index is 863. The summed E-state index contributed by atoms with van der Waals surface area (Å²) in [6.45, 7) is 5.23. The molecule has 0 radical (unpaired) electrons. The second-order valence-corrected chi connectivity index (χ2v) is 8.54. The molecule has 1 aromatic carbocycles. The van der Waals surface area contributed by atoms with Gasteiger partial charge in [0.15, 0.2) is 5.90 Å². The normalized spacial score (nSPS) is 17.7. The van der Waals surface area contributed by atoms with Gasteiger partial charge in [0.05, 0.1) is 28.1 Å². The fraction of sp³-hybridized carbons (Fsp3) is 0.300. The van der Waals surface area contributed by atoms with Crippen LogP contribution in [-0.2, 0) is 4.74 Å². The van der Waals surface area contributed by atoms with Gasteiger partial charge in [-0.3, -0.25) is 4.79 Å². The molecule has 1 saturated heterocycles. The van der Waals surface area contributed by atoms with Crippen molar-refractivity contribution in [1.82, 2.24) is 4.90 Å². The summed E-state index contributed by atoms with van der Waals surface area (Å²) in [6, 6.07) is 7.87. The molecule has 1 atom stereocenters. The van der Waals surface area contributed by atoms with E-state index < -0.39 is 0 Å². The fourth-order valence-corrected chi connectivity index (χ4v) is 4.35. The molecule has 3 rings (SSSR count). The van der Waals surface area contributed by atoms with E-state index in [1.54, 1.807) is 19.2 Å². The quantitative estimate of drug-likeness (QED) is 0.473. The van der Waals surface area contributed by atoms with Crippen molar-refractivity contribution in [1.29, 1.82) is 0 Å². The average molecular weight is 451 g/mol. The third kappa shape index (κ3) is 4.65. The van der Waals surface area contributed by atoms with Gasteiger partial charge in [0, 0.05) is 13.1 Å². The molecule has 4 nitrogen and oxygen atoms in total. The molecule has 27 heavy (non-hydrogen) atoms. The molecule has 0 unspecified atom stereocenters. The van der Waals surface area contributed by atoms with Gasteiger partial charge in [0.1, 0.15) is 5.82 Å². The van der Waals surface area contributed by atoms with Gasteiger partial charge in [-0.1, -0.05) is 6.58 Å². The van der Waals surface area contributed by atoms with Crippen molar-refractivity contribution < 1.29 is 13.9 Å². The average Bonchev–Trinajstić information content (AvgIpc) is 3.11. The Labute approximate surface area is 170 Å². The number of amides is 1. The van der Waals surface area contributed by atoms with E-state index in [0.717, 1.165) is 22.2 Å². The lowest BCUT2D eigenvalue weighted by Gasteiger charge is -2.32. The number of thiophene rings is 1. The van der Waals surface area contributed by atoms with Gasteiger partial charge in [0.25, 0.3) is 5.91 Å². The number of hydrogen-bond acceptors (Lipinski definition) is 4. The third-order valence-corrected chi connectivity index (χ3v) is 6.22. The van der Waals surface area contributed by atoms with Crippen LogP contribution in [0.2, 0.25) is 0 Å². The van der Waals surface area contributed by atoms with Gasteiger partial charge in [-0.25, -0.2) is 9.38 Å². The van der Waals surface area contributed by atoms with Crippen LogP contribution in [0.1, 0.15) is 28.8 Å². The van der Waals surface area contributed by atoms with Crippen LogP contribution in [0.15, 0.2) is 51.1 Å². The third-order valence-electron chi connectivity index (χ3n) is 4.54. The van der Waals surface area contributed by atoms with Crippen molar-refractivity contribution in [2.24, 2.45) is 10.9 Å². The van der Waals surface area contributed by atoms with E-state index in [0.29, 0.717) is 30.2 Å². The van der Waals surface area contributed by atoms with E-state index in [1.807, 2.05) is 16.3 Å². The Morgan fingerprint density at radius 1 is 1.37 bits per heavy atom. The Morgan fingerprint density at radius 2 is 2.11 bits per heavy atom. The van der Waals surface area contributed by atoms with Crippen molar-refractivity contribution in [3.63, 3.8) is 0 Å². The van der Waals surface area contributed by atoms with E-state index >= 15 is 0 Å². The maximum atomic E-state index is 13.1. The van der Waals surface area contributed by atoms with Crippen LogP contribution in [0.5, 0.6) is 0 Å². The smallest absolute Gasteiger partial charge is 0.255 e. The van der Waals surface area contributed by atoms with E-state index in [1.165, 1.54) is 23.5 Å². The molecule has 2 aromatic rings. The molecule has 0 bridgehead atoms. The van der Waals surface area contributed by atoms with Crippen molar-refractivity contribution >= 4 is 44.8 Å². The predicted octanol–water partition coefficient (Wildman–Crippen LogP) is 5.22. The summed E-state index contributed by atoms with van der Waals surface area (Å²) in [6.07, 6.45) is 1.77. The molecule has 1 fully saturated rings. The summed E-state index contributed by atoms with van der Waals surface area (Å²) < 4.78 is 19.5. The first kappa shape index (κ1) is 19.8. The number of piperidine rings is 1. The van der Waals surface area contributed by atoms with Crippen LogP contribution in [0.4, 0.5) is 4.39 Å². The van der Waals surface area contributed by atoms with E-state index in [-0.39, 0.29) is 17.6 Å². The topological polar surface area (TPSA) is 41.9 Å². The number of carbonyl (C=O) groups is 1. The lowest BCUT2D eigenvalue weighted by atomic mass is 9.97. The highest BCUT2D eigenvalue weighted by molar-refractivity contribution is 9.11. The van der Waals surface area contributed by atoms with Gasteiger partial charge in [-0.15, -0.1) is 11.3 Å². The molecule has 0 spiro atoms. The number of methoxy groups -OCH3 is 1.